The van der Waals surface area contributed by atoms with Gasteiger partial charge in [0.15, 0.2) is 0 Å². The van der Waals surface area contributed by atoms with Crippen molar-refractivity contribution in [2.24, 2.45) is 5.92 Å². The Morgan fingerprint density at radius 3 is 2.91 bits per heavy atom. The van der Waals surface area contributed by atoms with Gasteiger partial charge in [-0.2, -0.15) is 5.26 Å². The van der Waals surface area contributed by atoms with E-state index in [-0.39, 0.29) is 0 Å². The Morgan fingerprint density at radius 1 is 1.55 bits per heavy atom. The molecular weight excluding hydrogens is 296 g/mol. The van der Waals surface area contributed by atoms with Crippen LogP contribution in [-0.4, -0.2) is 11.6 Å². The van der Waals surface area contributed by atoms with Crippen molar-refractivity contribution in [3.63, 3.8) is 0 Å². The first-order chi connectivity index (χ1) is 10.6. The zero-order valence-corrected chi connectivity index (χ0v) is 13.4. The van der Waals surface area contributed by atoms with Crippen LogP contribution >= 0.6 is 11.6 Å². The second kappa shape index (κ2) is 7.82. The lowest BCUT2D eigenvalue weighted by molar-refractivity contribution is 0.127. The third-order valence-corrected chi connectivity index (χ3v) is 4.00. The largest absolute Gasteiger partial charge is 0.492 e. The number of pyridine rings is 1. The quantitative estimate of drug-likeness (QED) is 0.324. The summed E-state index contributed by atoms with van der Waals surface area (Å²) in [5.41, 5.74) is 2.34. The van der Waals surface area contributed by atoms with Crippen molar-refractivity contribution in [1.82, 2.24) is 4.98 Å². The van der Waals surface area contributed by atoms with E-state index in [0.717, 1.165) is 11.1 Å². The summed E-state index contributed by atoms with van der Waals surface area (Å²) >= 11 is 5.90. The van der Waals surface area contributed by atoms with Gasteiger partial charge in [-0.15, -0.1) is 0 Å². The average Bonchev–Trinajstić information content (AvgIpc) is 2.47. The monoisotopic (exact) mass is 314 g/mol. The van der Waals surface area contributed by atoms with Gasteiger partial charge in [-0.05, 0) is 55.0 Å². The van der Waals surface area contributed by atoms with Crippen molar-refractivity contribution >= 4 is 17.2 Å². The van der Waals surface area contributed by atoms with Crippen LogP contribution in [0.25, 0.3) is 5.57 Å². The Morgan fingerprint density at radius 2 is 2.32 bits per heavy atom. The molecule has 0 atom stereocenters. The number of halogens is 1. The number of rotatable bonds is 6. The molecule has 0 amide bonds. The minimum Gasteiger partial charge on any atom is -0.492 e. The summed E-state index contributed by atoms with van der Waals surface area (Å²) in [6, 6.07) is 5.74. The normalized spacial score (nSPS) is 15.9. The topological polar surface area (TPSA) is 45.9 Å². The summed E-state index contributed by atoms with van der Waals surface area (Å²) < 4.78 is 5.76. The Balaban J connectivity index is 2.11. The van der Waals surface area contributed by atoms with E-state index < -0.39 is 0 Å². The number of hydrogen-bond donors (Lipinski definition) is 0. The second-order valence-electron chi connectivity index (χ2n) is 5.45. The summed E-state index contributed by atoms with van der Waals surface area (Å²) in [7, 11) is 0. The first kappa shape index (κ1) is 16.3. The predicted molar refractivity (Wildman–Crippen MR) is 89.0 cm³/mol. The van der Waals surface area contributed by atoms with Gasteiger partial charge in [-0.3, -0.25) is 0 Å². The van der Waals surface area contributed by atoms with Crippen molar-refractivity contribution in [2.75, 3.05) is 6.61 Å². The minimum atomic E-state index is 0.344. The summed E-state index contributed by atoms with van der Waals surface area (Å²) in [5.74, 6) is 1.15. The van der Waals surface area contributed by atoms with Crippen LogP contribution in [0, 0.1) is 17.2 Å². The van der Waals surface area contributed by atoms with E-state index in [9.17, 15) is 0 Å². The van der Waals surface area contributed by atoms with Gasteiger partial charge in [-0.1, -0.05) is 30.7 Å². The second-order valence-corrected chi connectivity index (χ2v) is 5.83. The molecule has 0 bridgehead atoms. The molecular formula is C18H19ClN2O. The zero-order valence-electron chi connectivity index (χ0n) is 12.7. The van der Waals surface area contributed by atoms with Gasteiger partial charge in [-0.25, -0.2) is 4.98 Å². The van der Waals surface area contributed by atoms with Crippen LogP contribution in [0.4, 0.5) is 0 Å². The van der Waals surface area contributed by atoms with Gasteiger partial charge < -0.3 is 4.74 Å². The number of hydrogen-bond acceptors (Lipinski definition) is 3. The van der Waals surface area contributed by atoms with Crippen molar-refractivity contribution in [1.29, 1.82) is 5.26 Å². The van der Waals surface area contributed by atoms with E-state index in [0.29, 0.717) is 29.0 Å². The molecule has 0 spiro atoms. The first-order valence-corrected chi connectivity index (χ1v) is 7.70. The summed E-state index contributed by atoms with van der Waals surface area (Å²) in [4.78, 5) is 3.96. The molecule has 1 aromatic heterocycles. The lowest BCUT2D eigenvalue weighted by Crippen LogP contribution is -2.17. The molecule has 1 heterocycles. The molecule has 1 aliphatic carbocycles. The maximum atomic E-state index is 9.04. The van der Waals surface area contributed by atoms with Gasteiger partial charge in [0.1, 0.15) is 17.0 Å². The van der Waals surface area contributed by atoms with E-state index in [4.69, 9.17) is 21.6 Å². The molecule has 0 saturated heterocycles. The Kier molecular flexibility index (Phi) is 5.80. The highest BCUT2D eigenvalue weighted by Gasteiger charge is 2.18. The SMILES string of the molecule is C=C(C#N)C(=CC=C(C)c1ccnc(Cl)c1)OCC1CCC1. The summed E-state index contributed by atoms with van der Waals surface area (Å²) in [6.45, 7) is 6.37. The Hall–Kier alpha value is -2.05. The average molecular weight is 315 g/mol. The summed E-state index contributed by atoms with van der Waals surface area (Å²) in [5, 5.41) is 9.50. The molecule has 0 radical (unpaired) electrons. The number of aromatic nitrogens is 1. The first-order valence-electron chi connectivity index (χ1n) is 7.33. The van der Waals surface area contributed by atoms with E-state index in [1.54, 1.807) is 18.3 Å². The molecule has 1 fully saturated rings. The van der Waals surface area contributed by atoms with Gasteiger partial charge in [0.25, 0.3) is 0 Å². The van der Waals surface area contributed by atoms with Crippen molar-refractivity contribution in [2.45, 2.75) is 26.2 Å². The van der Waals surface area contributed by atoms with Crippen LogP contribution in [0.15, 0.2) is 48.4 Å². The highest BCUT2D eigenvalue weighted by Crippen LogP contribution is 2.27. The molecule has 4 heteroatoms. The van der Waals surface area contributed by atoms with Crippen molar-refractivity contribution in [3.05, 3.63) is 59.1 Å². The van der Waals surface area contributed by atoms with E-state index in [1.807, 2.05) is 25.1 Å². The van der Waals surface area contributed by atoms with E-state index in [2.05, 4.69) is 11.6 Å². The molecule has 3 nitrogen and oxygen atoms in total. The fraction of sp³-hybridized carbons (Fsp3) is 0.333. The molecule has 1 aliphatic rings. The predicted octanol–water partition coefficient (Wildman–Crippen LogP) is 4.92. The number of allylic oxidation sites excluding steroid dienone is 4. The zero-order chi connectivity index (χ0) is 15.9. The minimum absolute atomic E-state index is 0.344. The molecule has 0 N–H and O–H groups in total. The maximum Gasteiger partial charge on any atom is 0.136 e. The lowest BCUT2D eigenvalue weighted by atomic mass is 9.86. The number of ether oxygens (including phenoxy) is 1. The highest BCUT2D eigenvalue weighted by atomic mass is 35.5. The van der Waals surface area contributed by atoms with Crippen molar-refractivity contribution < 1.29 is 4.74 Å². The fourth-order valence-electron chi connectivity index (χ4n) is 2.10. The Bertz CT molecular complexity index is 651. The maximum absolute atomic E-state index is 9.04. The van der Waals surface area contributed by atoms with Gasteiger partial charge in [0.05, 0.1) is 12.2 Å². The Labute approximate surface area is 136 Å². The number of nitrogens with zero attached hydrogens (tertiary/aromatic N) is 2. The molecule has 1 aromatic rings. The van der Waals surface area contributed by atoms with Crippen LogP contribution < -0.4 is 0 Å². The standard InChI is InChI=1S/C18H19ClN2O/c1-13(16-8-9-21-18(19)10-16)6-7-17(14(2)11-20)22-12-15-4-3-5-15/h6-10,15H,2-5,12H2,1H3. The van der Waals surface area contributed by atoms with Gasteiger partial charge in [0, 0.05) is 6.20 Å². The molecule has 2 rings (SSSR count). The van der Waals surface area contributed by atoms with Gasteiger partial charge >= 0.3 is 0 Å². The molecule has 22 heavy (non-hydrogen) atoms. The molecule has 1 saturated carbocycles. The van der Waals surface area contributed by atoms with Crippen LogP contribution in [0.3, 0.4) is 0 Å². The van der Waals surface area contributed by atoms with Crippen LogP contribution in [-0.2, 0) is 4.74 Å². The third kappa shape index (κ3) is 4.47. The smallest absolute Gasteiger partial charge is 0.136 e. The van der Waals surface area contributed by atoms with E-state index in [1.165, 1.54) is 19.3 Å². The molecule has 0 aromatic carbocycles. The lowest BCUT2D eigenvalue weighted by Gasteiger charge is -2.25. The van der Waals surface area contributed by atoms with E-state index >= 15 is 0 Å². The van der Waals surface area contributed by atoms with Crippen molar-refractivity contribution in [3.8, 4) is 6.07 Å². The number of nitriles is 1. The summed E-state index contributed by atoms with van der Waals surface area (Å²) in [6.07, 6.45) is 9.06. The molecule has 0 aliphatic heterocycles. The fourth-order valence-corrected chi connectivity index (χ4v) is 2.28. The van der Waals surface area contributed by atoms with Crippen LogP contribution in [0.2, 0.25) is 5.15 Å². The van der Waals surface area contributed by atoms with Crippen LogP contribution in [0.5, 0.6) is 0 Å². The highest BCUT2D eigenvalue weighted by molar-refractivity contribution is 6.29. The molecule has 0 unspecified atom stereocenters. The van der Waals surface area contributed by atoms with Gasteiger partial charge in [0.2, 0.25) is 0 Å². The van der Waals surface area contributed by atoms with Crippen LogP contribution in [0.1, 0.15) is 31.7 Å². The molecule has 114 valence electrons. The third-order valence-electron chi connectivity index (χ3n) is 3.80.